The van der Waals surface area contributed by atoms with Gasteiger partial charge in [0.1, 0.15) is 29.3 Å². The van der Waals surface area contributed by atoms with Gasteiger partial charge < -0.3 is 25.6 Å². The molecule has 3 fully saturated rings. The monoisotopic (exact) mass is 548 g/mol. The van der Waals surface area contributed by atoms with E-state index in [1.54, 1.807) is 6.07 Å². The van der Waals surface area contributed by atoms with E-state index in [4.69, 9.17) is 32.0 Å². The van der Waals surface area contributed by atoms with Crippen LogP contribution in [0.5, 0.6) is 6.01 Å². The van der Waals surface area contributed by atoms with Gasteiger partial charge in [0.2, 0.25) is 0 Å². The van der Waals surface area contributed by atoms with Crippen LogP contribution >= 0.6 is 22.9 Å². The third-order valence-electron chi connectivity index (χ3n) is 8.20. The Morgan fingerprint density at radius 1 is 1.13 bits per heavy atom. The molecule has 4 N–H and O–H groups in total. The van der Waals surface area contributed by atoms with Gasteiger partial charge in [0.05, 0.1) is 11.3 Å². The summed E-state index contributed by atoms with van der Waals surface area (Å²) in [6.45, 7) is 3.07. The van der Waals surface area contributed by atoms with Crippen LogP contribution in [-0.2, 0) is 18.4 Å². The van der Waals surface area contributed by atoms with Crippen molar-refractivity contribution in [3.8, 4) is 18.1 Å². The summed E-state index contributed by atoms with van der Waals surface area (Å²) >= 11 is 7.47. The summed E-state index contributed by atoms with van der Waals surface area (Å²) in [4.78, 5) is 15.0. The number of H-pyrrole nitrogens is 1. The summed E-state index contributed by atoms with van der Waals surface area (Å²) < 4.78 is 5.99. The predicted octanol–water partition coefficient (Wildman–Crippen LogP) is 2.46. The van der Waals surface area contributed by atoms with Crippen LogP contribution in [0, 0.1) is 22.7 Å². The van der Waals surface area contributed by atoms with Crippen molar-refractivity contribution in [2.75, 3.05) is 41.7 Å². The molecule has 7 rings (SSSR count). The molecule has 0 radical (unpaired) electrons. The number of nitrogens with two attached hydrogens (primary N) is 1. The molecule has 2 atom stereocenters. The largest absolute Gasteiger partial charge is 0.457 e. The number of thiophene rings is 1. The maximum absolute atomic E-state index is 10.3. The molecule has 1 unspecified atom stereocenters. The molecule has 0 saturated carbocycles. The summed E-state index contributed by atoms with van der Waals surface area (Å²) in [5.41, 5.74) is 8.89. The fraction of sp³-hybridized carbons (Fsp3) is 0.480. The zero-order valence-corrected chi connectivity index (χ0v) is 22.1. The van der Waals surface area contributed by atoms with Gasteiger partial charge in [0.15, 0.2) is 16.8 Å². The number of aromatic amines is 1. The zero-order valence-electron chi connectivity index (χ0n) is 20.5. The molecule has 3 aliphatic heterocycles. The topological polar surface area (TPSA) is 156 Å². The minimum atomic E-state index is -0.145. The Morgan fingerprint density at radius 3 is 2.50 bits per heavy atom. The molecule has 6 heterocycles. The van der Waals surface area contributed by atoms with Crippen molar-refractivity contribution >= 4 is 39.6 Å². The standard InChI is InChI=1S/C25H25ClN10OS/c26-19-5-15(33-34-19)10-37-24-31-22(35-8-13-1-2-14(9-35)30-13)17(7-28)23(32-24)36-11-25(12-36)4-3-18-20(25)16(6-27)21(29)38-18/h5,13-14,30H,1-4,8-12,29H2,(H,33,34)/t13-,14?/m0/s1. The molecule has 0 amide bonds. The lowest BCUT2D eigenvalue weighted by Gasteiger charge is -2.49. The lowest BCUT2D eigenvalue weighted by atomic mass is 9.74. The Kier molecular flexibility index (Phi) is 5.41. The molecule has 1 spiro atoms. The summed E-state index contributed by atoms with van der Waals surface area (Å²) in [7, 11) is 0. The minimum absolute atomic E-state index is 0.145. The van der Waals surface area contributed by atoms with Gasteiger partial charge in [0.25, 0.3) is 0 Å². The first-order valence-electron chi connectivity index (χ1n) is 12.7. The number of nitrogens with zero attached hydrogens (tertiary/aromatic N) is 7. The lowest BCUT2D eigenvalue weighted by Crippen LogP contribution is -2.59. The Labute approximate surface area is 228 Å². The molecule has 4 aliphatic rings. The molecule has 38 heavy (non-hydrogen) atoms. The number of nitriles is 2. The van der Waals surface area contributed by atoms with E-state index in [2.05, 4.69) is 37.5 Å². The molecular formula is C25H25ClN10OS. The second kappa shape index (κ2) is 8.73. The van der Waals surface area contributed by atoms with Crippen LogP contribution in [0.2, 0.25) is 5.15 Å². The minimum Gasteiger partial charge on any atom is -0.457 e. The second-order valence-electron chi connectivity index (χ2n) is 10.6. The molecule has 3 saturated heterocycles. The molecule has 2 bridgehead atoms. The van der Waals surface area contributed by atoms with E-state index in [0.29, 0.717) is 63.8 Å². The predicted molar refractivity (Wildman–Crippen MR) is 142 cm³/mol. The van der Waals surface area contributed by atoms with Gasteiger partial charge in [-0.15, -0.1) is 11.3 Å². The molecule has 1 aliphatic carbocycles. The van der Waals surface area contributed by atoms with Gasteiger partial charge in [-0.3, -0.25) is 5.10 Å². The Balaban J connectivity index is 1.23. The highest BCUT2D eigenvalue weighted by atomic mass is 35.5. The number of hydrogen-bond acceptors (Lipinski definition) is 11. The summed E-state index contributed by atoms with van der Waals surface area (Å²) in [6.07, 6.45) is 4.12. The van der Waals surface area contributed by atoms with E-state index < -0.39 is 0 Å². The van der Waals surface area contributed by atoms with Crippen LogP contribution in [0.15, 0.2) is 6.07 Å². The molecule has 3 aromatic heterocycles. The molecular weight excluding hydrogens is 524 g/mol. The van der Waals surface area contributed by atoms with E-state index in [-0.39, 0.29) is 18.0 Å². The van der Waals surface area contributed by atoms with Gasteiger partial charge in [-0.05, 0) is 31.2 Å². The third kappa shape index (κ3) is 3.67. The van der Waals surface area contributed by atoms with E-state index in [9.17, 15) is 10.5 Å². The van der Waals surface area contributed by atoms with Crippen LogP contribution in [0.4, 0.5) is 16.6 Å². The van der Waals surface area contributed by atoms with E-state index >= 15 is 0 Å². The molecule has 194 valence electrons. The van der Waals surface area contributed by atoms with Crippen molar-refractivity contribution in [3.63, 3.8) is 0 Å². The first kappa shape index (κ1) is 23.5. The Morgan fingerprint density at radius 2 is 1.84 bits per heavy atom. The maximum Gasteiger partial charge on any atom is 0.320 e. The summed E-state index contributed by atoms with van der Waals surface area (Å²) in [5.74, 6) is 1.18. The quantitative estimate of drug-likeness (QED) is 0.432. The van der Waals surface area contributed by atoms with Crippen molar-refractivity contribution in [3.05, 3.63) is 38.5 Å². The highest BCUT2D eigenvalue weighted by molar-refractivity contribution is 7.16. The van der Waals surface area contributed by atoms with Crippen LogP contribution in [0.1, 0.15) is 46.5 Å². The zero-order chi connectivity index (χ0) is 26.0. The van der Waals surface area contributed by atoms with Crippen molar-refractivity contribution in [2.45, 2.75) is 49.8 Å². The highest BCUT2D eigenvalue weighted by Crippen LogP contribution is 2.53. The van der Waals surface area contributed by atoms with Crippen LogP contribution in [-0.4, -0.2) is 58.4 Å². The molecule has 13 heteroatoms. The number of piperazine rings is 1. The summed E-state index contributed by atoms with van der Waals surface area (Å²) in [6, 6.07) is 7.39. The first-order chi connectivity index (χ1) is 18.5. The first-order valence-corrected chi connectivity index (χ1v) is 13.9. The van der Waals surface area contributed by atoms with Crippen LogP contribution in [0.25, 0.3) is 0 Å². The molecule has 11 nitrogen and oxygen atoms in total. The Bertz CT molecular complexity index is 1500. The Hall–Kier alpha value is -3.58. The van der Waals surface area contributed by atoms with Gasteiger partial charge in [-0.1, -0.05) is 11.6 Å². The fourth-order valence-electron chi connectivity index (χ4n) is 6.53. The van der Waals surface area contributed by atoms with Crippen molar-refractivity contribution < 1.29 is 4.74 Å². The van der Waals surface area contributed by atoms with Gasteiger partial charge >= 0.3 is 6.01 Å². The maximum atomic E-state index is 10.3. The van der Waals surface area contributed by atoms with Crippen molar-refractivity contribution in [2.24, 2.45) is 0 Å². The number of nitrogen functional groups attached to an aromatic ring is 1. The molecule has 3 aromatic rings. The average molecular weight is 549 g/mol. The normalized spacial score (nSPS) is 22.7. The fourth-order valence-corrected chi connectivity index (χ4v) is 7.85. The van der Waals surface area contributed by atoms with Gasteiger partial charge in [-0.2, -0.15) is 25.6 Å². The third-order valence-corrected chi connectivity index (χ3v) is 9.47. The highest BCUT2D eigenvalue weighted by Gasteiger charge is 2.52. The van der Waals surface area contributed by atoms with Crippen LogP contribution < -0.4 is 25.6 Å². The number of halogens is 1. The lowest BCUT2D eigenvalue weighted by molar-refractivity contribution is 0.273. The van der Waals surface area contributed by atoms with E-state index in [1.165, 1.54) is 16.2 Å². The number of nitrogens with one attached hydrogen (secondary N) is 2. The SMILES string of the molecule is N#Cc1c(N2CC3CC[C@@H](C2)N3)nc(OCc2cc(Cl)n[nH]2)nc1N1CC2(CCc3sc(N)c(C#N)c32)C1. The number of hydrogen-bond donors (Lipinski definition) is 3. The van der Waals surface area contributed by atoms with Crippen molar-refractivity contribution in [1.82, 2.24) is 25.5 Å². The van der Waals surface area contributed by atoms with E-state index in [0.717, 1.165) is 44.3 Å². The number of ether oxygens (including phenoxy) is 1. The van der Waals surface area contributed by atoms with Crippen molar-refractivity contribution in [1.29, 1.82) is 10.5 Å². The van der Waals surface area contributed by atoms with E-state index in [1.807, 2.05) is 0 Å². The molecule has 0 aromatic carbocycles. The van der Waals surface area contributed by atoms with Crippen LogP contribution in [0.3, 0.4) is 0 Å². The number of aromatic nitrogens is 4. The number of aryl methyl sites for hydroxylation is 1. The second-order valence-corrected chi connectivity index (χ2v) is 12.1. The smallest absolute Gasteiger partial charge is 0.320 e. The van der Waals surface area contributed by atoms with Gasteiger partial charge in [-0.25, -0.2) is 0 Å². The average Bonchev–Trinajstić information content (AvgIpc) is 3.64. The number of fused-ring (bicyclic) bond motifs is 4. The van der Waals surface area contributed by atoms with Gasteiger partial charge in [0, 0.05) is 54.6 Å². The number of anilines is 3. The summed E-state index contributed by atoms with van der Waals surface area (Å²) in [5, 5.41) is 31.4. The number of rotatable bonds is 5.